The smallest absolute Gasteiger partial charge is 0.240 e. The van der Waals surface area contributed by atoms with Crippen LogP contribution < -0.4 is 10.0 Å². The van der Waals surface area contributed by atoms with Crippen molar-refractivity contribution in [1.29, 1.82) is 0 Å². The molecule has 0 aromatic heterocycles. The van der Waals surface area contributed by atoms with Crippen molar-refractivity contribution in [3.05, 3.63) is 29.3 Å². The summed E-state index contributed by atoms with van der Waals surface area (Å²) in [6, 6.07) is 5.28. The molecular weight excluding hydrogens is 276 g/mol. The fourth-order valence-corrected chi connectivity index (χ4v) is 3.09. The number of hydrogen-bond acceptors (Lipinski definition) is 3. The highest BCUT2D eigenvalue weighted by molar-refractivity contribution is 7.89. The Morgan fingerprint density at radius 2 is 1.90 bits per heavy atom. The second-order valence-corrected chi connectivity index (χ2v) is 6.50. The summed E-state index contributed by atoms with van der Waals surface area (Å²) in [5, 5.41) is 2.71. The van der Waals surface area contributed by atoms with E-state index in [1.54, 1.807) is 19.1 Å². The van der Waals surface area contributed by atoms with Gasteiger partial charge in [-0.05, 0) is 37.5 Å². The SMILES string of the molecule is CCCNC(=O)CCNS(=O)(=O)c1cc(C)ccc1C. The topological polar surface area (TPSA) is 75.3 Å². The third kappa shape index (κ3) is 4.94. The molecule has 0 saturated heterocycles. The first-order chi connectivity index (χ1) is 9.36. The lowest BCUT2D eigenvalue weighted by molar-refractivity contribution is -0.120. The predicted octanol–water partition coefficient (Wildman–Crippen LogP) is 1.50. The molecule has 1 rings (SSSR count). The first-order valence-electron chi connectivity index (χ1n) is 6.70. The van der Waals surface area contributed by atoms with Gasteiger partial charge in [0, 0.05) is 19.5 Å². The molecule has 0 aliphatic heterocycles. The van der Waals surface area contributed by atoms with Crippen molar-refractivity contribution in [2.75, 3.05) is 13.1 Å². The number of aryl methyl sites for hydroxylation is 2. The molecule has 0 aliphatic carbocycles. The molecule has 0 fully saturated rings. The number of sulfonamides is 1. The molecule has 0 unspecified atom stereocenters. The summed E-state index contributed by atoms with van der Waals surface area (Å²) in [6.45, 7) is 6.27. The van der Waals surface area contributed by atoms with Gasteiger partial charge in [0.2, 0.25) is 15.9 Å². The van der Waals surface area contributed by atoms with Crippen molar-refractivity contribution >= 4 is 15.9 Å². The Morgan fingerprint density at radius 1 is 1.20 bits per heavy atom. The lowest BCUT2D eigenvalue weighted by Gasteiger charge is -2.10. The minimum Gasteiger partial charge on any atom is -0.356 e. The number of rotatable bonds is 7. The monoisotopic (exact) mass is 298 g/mol. The highest BCUT2D eigenvalue weighted by Crippen LogP contribution is 2.16. The molecule has 0 spiro atoms. The summed E-state index contributed by atoms with van der Waals surface area (Å²) >= 11 is 0. The highest BCUT2D eigenvalue weighted by atomic mass is 32.2. The molecule has 1 aromatic carbocycles. The van der Waals surface area contributed by atoms with E-state index in [4.69, 9.17) is 0 Å². The van der Waals surface area contributed by atoms with Crippen molar-refractivity contribution in [3.8, 4) is 0 Å². The maximum absolute atomic E-state index is 12.2. The fourth-order valence-electron chi connectivity index (χ4n) is 1.73. The zero-order valence-corrected chi connectivity index (χ0v) is 13.0. The van der Waals surface area contributed by atoms with Crippen molar-refractivity contribution in [3.63, 3.8) is 0 Å². The standard InChI is InChI=1S/C14H22N2O3S/c1-4-8-15-14(17)7-9-16-20(18,19)13-10-11(2)5-6-12(13)3/h5-6,10,16H,4,7-9H2,1-3H3,(H,15,17). The third-order valence-corrected chi connectivity index (χ3v) is 4.45. The normalized spacial score (nSPS) is 11.3. The van der Waals surface area contributed by atoms with Gasteiger partial charge < -0.3 is 5.32 Å². The predicted molar refractivity (Wildman–Crippen MR) is 79.0 cm³/mol. The van der Waals surface area contributed by atoms with E-state index in [0.29, 0.717) is 12.1 Å². The van der Waals surface area contributed by atoms with Crippen LogP contribution in [-0.4, -0.2) is 27.4 Å². The second kappa shape index (κ2) is 7.40. The van der Waals surface area contributed by atoms with Gasteiger partial charge in [-0.2, -0.15) is 0 Å². The molecule has 20 heavy (non-hydrogen) atoms. The van der Waals surface area contributed by atoms with Gasteiger partial charge in [0.05, 0.1) is 4.90 Å². The van der Waals surface area contributed by atoms with Crippen LogP contribution >= 0.6 is 0 Å². The Balaban J connectivity index is 2.62. The number of amides is 1. The molecule has 5 nitrogen and oxygen atoms in total. The van der Waals surface area contributed by atoms with Gasteiger partial charge in [0.15, 0.2) is 0 Å². The van der Waals surface area contributed by atoms with Gasteiger partial charge in [0.1, 0.15) is 0 Å². The quantitative estimate of drug-likeness (QED) is 0.801. The first kappa shape index (κ1) is 16.7. The Kier molecular flexibility index (Phi) is 6.16. The minimum atomic E-state index is -3.56. The molecule has 0 heterocycles. The van der Waals surface area contributed by atoms with Crippen molar-refractivity contribution in [2.45, 2.75) is 38.5 Å². The van der Waals surface area contributed by atoms with Crippen LogP contribution in [0.25, 0.3) is 0 Å². The van der Waals surface area contributed by atoms with Gasteiger partial charge in [-0.25, -0.2) is 13.1 Å². The second-order valence-electron chi connectivity index (χ2n) is 4.77. The van der Waals surface area contributed by atoms with Gasteiger partial charge in [0.25, 0.3) is 0 Å². The summed E-state index contributed by atoms with van der Waals surface area (Å²) < 4.78 is 26.8. The molecule has 1 aromatic rings. The molecule has 112 valence electrons. The van der Waals surface area contributed by atoms with E-state index < -0.39 is 10.0 Å². The van der Waals surface area contributed by atoms with Gasteiger partial charge in [-0.1, -0.05) is 19.1 Å². The Morgan fingerprint density at radius 3 is 2.55 bits per heavy atom. The number of carbonyl (C=O) groups is 1. The van der Waals surface area contributed by atoms with Crippen LogP contribution in [0.15, 0.2) is 23.1 Å². The number of nitrogens with one attached hydrogen (secondary N) is 2. The van der Waals surface area contributed by atoms with Crippen molar-refractivity contribution in [1.82, 2.24) is 10.0 Å². The lowest BCUT2D eigenvalue weighted by atomic mass is 10.2. The van der Waals surface area contributed by atoms with E-state index in [0.717, 1.165) is 12.0 Å². The number of benzene rings is 1. The minimum absolute atomic E-state index is 0.102. The van der Waals surface area contributed by atoms with Crippen LogP contribution in [0.2, 0.25) is 0 Å². The summed E-state index contributed by atoms with van der Waals surface area (Å²) in [4.78, 5) is 11.7. The largest absolute Gasteiger partial charge is 0.356 e. The third-order valence-electron chi connectivity index (χ3n) is 2.85. The maximum atomic E-state index is 12.2. The van der Waals surface area contributed by atoms with Gasteiger partial charge in [-0.15, -0.1) is 0 Å². The lowest BCUT2D eigenvalue weighted by Crippen LogP contribution is -2.31. The van der Waals surface area contributed by atoms with Gasteiger partial charge >= 0.3 is 0 Å². The Bertz CT molecular complexity index is 568. The molecule has 1 amide bonds. The van der Waals surface area contributed by atoms with Crippen LogP contribution in [0, 0.1) is 13.8 Å². The summed E-state index contributed by atoms with van der Waals surface area (Å²) in [5.41, 5.74) is 1.58. The fraction of sp³-hybridized carbons (Fsp3) is 0.500. The van der Waals surface area contributed by atoms with Crippen LogP contribution in [0.5, 0.6) is 0 Å². The molecule has 0 radical (unpaired) electrons. The maximum Gasteiger partial charge on any atom is 0.240 e. The molecule has 0 atom stereocenters. The molecular formula is C14H22N2O3S. The molecule has 0 aliphatic rings. The zero-order chi connectivity index (χ0) is 15.2. The van der Waals surface area contributed by atoms with Crippen molar-refractivity contribution < 1.29 is 13.2 Å². The van der Waals surface area contributed by atoms with Crippen LogP contribution in [0.1, 0.15) is 30.9 Å². The van der Waals surface area contributed by atoms with E-state index in [1.165, 1.54) is 0 Å². The summed E-state index contributed by atoms with van der Waals surface area (Å²) in [7, 11) is -3.56. The van der Waals surface area contributed by atoms with E-state index in [2.05, 4.69) is 10.0 Å². The molecule has 2 N–H and O–H groups in total. The van der Waals surface area contributed by atoms with Crippen LogP contribution in [-0.2, 0) is 14.8 Å². The van der Waals surface area contributed by atoms with E-state index in [9.17, 15) is 13.2 Å². The average Bonchev–Trinajstić information content (AvgIpc) is 2.38. The average molecular weight is 298 g/mol. The highest BCUT2D eigenvalue weighted by Gasteiger charge is 2.16. The van der Waals surface area contributed by atoms with E-state index in [-0.39, 0.29) is 23.8 Å². The summed E-state index contributed by atoms with van der Waals surface area (Å²) in [6.07, 6.45) is 1.00. The molecule has 0 bridgehead atoms. The van der Waals surface area contributed by atoms with Crippen LogP contribution in [0.4, 0.5) is 0 Å². The number of carbonyl (C=O) groups excluding carboxylic acids is 1. The molecule has 6 heteroatoms. The number of hydrogen-bond donors (Lipinski definition) is 2. The van der Waals surface area contributed by atoms with E-state index in [1.807, 2.05) is 19.9 Å². The van der Waals surface area contributed by atoms with Crippen molar-refractivity contribution in [2.24, 2.45) is 0 Å². The van der Waals surface area contributed by atoms with Gasteiger partial charge in [-0.3, -0.25) is 4.79 Å². The van der Waals surface area contributed by atoms with E-state index >= 15 is 0 Å². The zero-order valence-electron chi connectivity index (χ0n) is 12.2. The first-order valence-corrected chi connectivity index (χ1v) is 8.18. The Hall–Kier alpha value is -1.40. The molecule has 0 saturated carbocycles. The Labute approximate surface area is 120 Å². The van der Waals surface area contributed by atoms with Crippen LogP contribution in [0.3, 0.4) is 0 Å². The summed E-state index contributed by atoms with van der Waals surface area (Å²) in [5.74, 6) is -0.143.